The minimum absolute atomic E-state index is 0.167. The molecule has 2 heterocycles. The number of carbonyl (C=O) groups is 1. The van der Waals surface area contributed by atoms with Gasteiger partial charge in [0.2, 0.25) is 11.7 Å². The van der Waals surface area contributed by atoms with Crippen LogP contribution in [0.1, 0.15) is 16.2 Å². The van der Waals surface area contributed by atoms with E-state index >= 15 is 0 Å². The van der Waals surface area contributed by atoms with Crippen LogP contribution in [0.5, 0.6) is 17.4 Å². The van der Waals surface area contributed by atoms with Crippen molar-refractivity contribution in [3.8, 4) is 28.5 Å². The number of phenolic OH excluding ortho intramolecular Hbond substituents is 1. The Morgan fingerprint density at radius 3 is 2.55 bits per heavy atom. The molecular formula is C25H17N3O3. The molecule has 0 amide bonds. The minimum atomic E-state index is -0.193. The molecule has 5 aromatic rings. The summed E-state index contributed by atoms with van der Waals surface area (Å²) in [7, 11) is 0. The highest BCUT2D eigenvalue weighted by Gasteiger charge is 2.15. The number of imidazole rings is 1. The highest BCUT2D eigenvalue weighted by molar-refractivity contribution is 6.08. The van der Waals surface area contributed by atoms with Gasteiger partial charge >= 0.3 is 0 Å². The number of ether oxygens (including phenoxy) is 1. The molecule has 0 aliphatic heterocycles. The van der Waals surface area contributed by atoms with Crippen LogP contribution < -0.4 is 4.74 Å². The number of para-hydroxylation sites is 2. The lowest BCUT2D eigenvalue weighted by Crippen LogP contribution is -2.03. The zero-order valence-electron chi connectivity index (χ0n) is 16.3. The van der Waals surface area contributed by atoms with Gasteiger partial charge in [-0.05, 0) is 66.2 Å². The molecule has 3 aromatic carbocycles. The van der Waals surface area contributed by atoms with Crippen LogP contribution in [-0.4, -0.2) is 25.8 Å². The molecule has 31 heavy (non-hydrogen) atoms. The molecule has 0 spiro atoms. The molecule has 0 radical (unpaired) electrons. The van der Waals surface area contributed by atoms with E-state index in [2.05, 4.69) is 15.0 Å². The topological polar surface area (TPSA) is 88.1 Å². The summed E-state index contributed by atoms with van der Waals surface area (Å²) in [5.74, 6) is 1.22. The number of H-pyrrole nitrogens is 1. The van der Waals surface area contributed by atoms with Gasteiger partial charge in [-0.15, -0.1) is 0 Å². The first-order valence-corrected chi connectivity index (χ1v) is 9.69. The second-order valence-electron chi connectivity index (χ2n) is 6.96. The van der Waals surface area contributed by atoms with E-state index < -0.39 is 0 Å². The third-order valence-electron chi connectivity index (χ3n) is 4.86. The molecule has 150 valence electrons. The predicted octanol–water partition coefficient (Wildman–Crippen LogP) is 5.35. The van der Waals surface area contributed by atoms with Crippen molar-refractivity contribution in [1.82, 2.24) is 15.0 Å². The Bertz CT molecular complexity index is 1360. The second kappa shape index (κ2) is 7.76. The molecular weight excluding hydrogens is 390 g/mol. The van der Waals surface area contributed by atoms with Crippen LogP contribution in [0.4, 0.5) is 0 Å². The molecule has 2 N–H and O–H groups in total. The van der Waals surface area contributed by atoms with Crippen LogP contribution in [0.15, 0.2) is 91.1 Å². The van der Waals surface area contributed by atoms with Crippen LogP contribution >= 0.6 is 0 Å². The first-order chi connectivity index (χ1) is 15.2. The van der Waals surface area contributed by atoms with Crippen molar-refractivity contribution < 1.29 is 14.6 Å². The highest BCUT2D eigenvalue weighted by Crippen LogP contribution is 2.32. The van der Waals surface area contributed by atoms with Gasteiger partial charge in [0.1, 0.15) is 11.5 Å². The Labute approximate surface area is 177 Å². The first-order valence-electron chi connectivity index (χ1n) is 9.69. The lowest BCUT2D eigenvalue weighted by molar-refractivity contribution is 0.103. The van der Waals surface area contributed by atoms with E-state index in [0.717, 1.165) is 22.2 Å². The quantitative estimate of drug-likeness (QED) is 0.383. The smallest absolute Gasteiger partial charge is 0.228 e. The van der Waals surface area contributed by atoms with Crippen molar-refractivity contribution in [2.45, 2.75) is 0 Å². The molecule has 0 aliphatic rings. The largest absolute Gasteiger partial charge is 0.508 e. The van der Waals surface area contributed by atoms with E-state index in [4.69, 9.17) is 4.74 Å². The summed E-state index contributed by atoms with van der Waals surface area (Å²) in [6, 6.07) is 24.9. The Balaban J connectivity index is 1.39. The number of hydrogen-bond acceptors (Lipinski definition) is 5. The Morgan fingerprint density at radius 2 is 1.74 bits per heavy atom. The van der Waals surface area contributed by atoms with Gasteiger partial charge in [0.05, 0.1) is 11.0 Å². The van der Waals surface area contributed by atoms with Gasteiger partial charge in [0.15, 0.2) is 5.82 Å². The third kappa shape index (κ3) is 3.74. The minimum Gasteiger partial charge on any atom is -0.508 e. The number of nitrogens with one attached hydrogen (secondary N) is 1. The molecule has 0 bridgehead atoms. The lowest BCUT2D eigenvalue weighted by atomic mass is 10.1. The van der Waals surface area contributed by atoms with E-state index in [0.29, 0.717) is 23.0 Å². The molecule has 6 nitrogen and oxygen atoms in total. The van der Waals surface area contributed by atoms with E-state index in [-0.39, 0.29) is 11.5 Å². The molecule has 0 saturated heterocycles. The number of fused-ring (bicyclic) bond motifs is 1. The summed E-state index contributed by atoms with van der Waals surface area (Å²) in [6.07, 6.45) is 1.64. The summed E-state index contributed by atoms with van der Waals surface area (Å²) >= 11 is 0. The lowest BCUT2D eigenvalue weighted by Gasteiger charge is -2.10. The van der Waals surface area contributed by atoms with Crippen molar-refractivity contribution in [2.24, 2.45) is 0 Å². The maximum absolute atomic E-state index is 12.8. The predicted molar refractivity (Wildman–Crippen MR) is 117 cm³/mol. The maximum atomic E-state index is 12.8. The van der Waals surface area contributed by atoms with Crippen LogP contribution in [0.3, 0.4) is 0 Å². The van der Waals surface area contributed by atoms with E-state index in [1.165, 1.54) is 0 Å². The summed E-state index contributed by atoms with van der Waals surface area (Å²) in [5.41, 5.74) is 3.61. The number of hydrogen-bond donors (Lipinski definition) is 2. The number of rotatable bonds is 5. The van der Waals surface area contributed by atoms with Crippen LogP contribution in [0, 0.1) is 0 Å². The van der Waals surface area contributed by atoms with Crippen molar-refractivity contribution >= 4 is 16.8 Å². The van der Waals surface area contributed by atoms with E-state index in [9.17, 15) is 9.90 Å². The van der Waals surface area contributed by atoms with Crippen LogP contribution in [0.2, 0.25) is 0 Å². The van der Waals surface area contributed by atoms with Gasteiger partial charge in [-0.3, -0.25) is 4.79 Å². The number of carbonyl (C=O) groups excluding carboxylic acids is 1. The number of ketones is 1. The summed E-state index contributed by atoms with van der Waals surface area (Å²) in [5, 5.41) is 9.78. The monoisotopic (exact) mass is 407 g/mol. The van der Waals surface area contributed by atoms with Crippen LogP contribution in [-0.2, 0) is 0 Å². The number of phenols is 1. The number of pyridine rings is 1. The fourth-order valence-electron chi connectivity index (χ4n) is 3.35. The molecule has 0 atom stereocenters. The number of aromatic hydroxyl groups is 1. The summed E-state index contributed by atoms with van der Waals surface area (Å²) < 4.78 is 5.96. The Morgan fingerprint density at radius 1 is 0.903 bits per heavy atom. The highest BCUT2D eigenvalue weighted by atomic mass is 16.5. The molecule has 5 rings (SSSR count). The van der Waals surface area contributed by atoms with E-state index in [1.54, 1.807) is 54.7 Å². The molecule has 0 saturated carbocycles. The molecule has 2 aromatic heterocycles. The number of benzene rings is 3. The first kappa shape index (κ1) is 18.6. The number of nitrogens with zero attached hydrogens (tertiary/aromatic N) is 2. The van der Waals surface area contributed by atoms with Gasteiger partial charge in [-0.25, -0.2) is 9.97 Å². The SMILES string of the molecule is O=C(c1ccc(Oc2ncccc2-c2cccc(O)c2)cc1)c1nc2ccccc2[nH]1. The Kier molecular flexibility index (Phi) is 4.65. The van der Waals surface area contributed by atoms with E-state index in [1.807, 2.05) is 36.4 Å². The van der Waals surface area contributed by atoms with Crippen molar-refractivity contribution in [3.05, 3.63) is 103 Å². The molecule has 0 unspecified atom stereocenters. The molecule has 6 heteroatoms. The fraction of sp³-hybridized carbons (Fsp3) is 0. The average Bonchev–Trinajstić information content (AvgIpc) is 3.24. The fourth-order valence-corrected chi connectivity index (χ4v) is 3.35. The van der Waals surface area contributed by atoms with Crippen molar-refractivity contribution in [1.29, 1.82) is 0 Å². The number of aromatic nitrogens is 3. The zero-order valence-corrected chi connectivity index (χ0v) is 16.3. The Hall–Kier alpha value is -4.45. The standard InChI is InChI=1S/C25H17N3O3/c29-18-6-3-5-17(15-18)20-7-4-14-26-25(20)31-19-12-10-16(11-13-19)23(30)24-27-21-8-1-2-9-22(21)28-24/h1-15,29H,(H,27,28). The van der Waals surface area contributed by atoms with Gasteiger partial charge in [-0.1, -0.05) is 24.3 Å². The normalized spacial score (nSPS) is 10.8. The van der Waals surface area contributed by atoms with Gasteiger partial charge in [0, 0.05) is 17.3 Å². The zero-order chi connectivity index (χ0) is 21.2. The van der Waals surface area contributed by atoms with Gasteiger partial charge < -0.3 is 14.8 Å². The van der Waals surface area contributed by atoms with Crippen molar-refractivity contribution in [3.63, 3.8) is 0 Å². The molecule has 0 aliphatic carbocycles. The van der Waals surface area contributed by atoms with Crippen LogP contribution in [0.25, 0.3) is 22.2 Å². The average molecular weight is 407 g/mol. The molecule has 0 fully saturated rings. The summed E-state index contributed by atoms with van der Waals surface area (Å²) in [6.45, 7) is 0. The number of aromatic amines is 1. The van der Waals surface area contributed by atoms with Gasteiger partial charge in [-0.2, -0.15) is 0 Å². The maximum Gasteiger partial charge on any atom is 0.228 e. The second-order valence-corrected chi connectivity index (χ2v) is 6.96. The summed E-state index contributed by atoms with van der Waals surface area (Å²) in [4.78, 5) is 24.5. The van der Waals surface area contributed by atoms with Gasteiger partial charge in [0.25, 0.3) is 0 Å². The van der Waals surface area contributed by atoms with Crippen molar-refractivity contribution in [2.75, 3.05) is 0 Å². The third-order valence-corrected chi connectivity index (χ3v) is 4.86.